The van der Waals surface area contributed by atoms with Gasteiger partial charge in [-0.15, -0.1) is 0 Å². The van der Waals surface area contributed by atoms with Gasteiger partial charge in [0.25, 0.3) is 0 Å². The van der Waals surface area contributed by atoms with Crippen molar-refractivity contribution < 1.29 is 0 Å². The molecule has 0 amide bonds. The summed E-state index contributed by atoms with van der Waals surface area (Å²) in [6.07, 6.45) is 5.00. The quantitative estimate of drug-likeness (QED) is 0.229. The zero-order valence-corrected chi connectivity index (χ0v) is 23.4. The molecule has 8 rings (SSSR count). The molecule has 0 N–H and O–H groups in total. The molecule has 1 aliphatic carbocycles. The SMILES string of the molecule is CC1(C)c2ccccc2N2c3ccc(-c4ccccc4)cc3C3=CC(N(c4ccccc4)c4ccccc4)=CC1C32. The van der Waals surface area contributed by atoms with E-state index in [9.17, 15) is 0 Å². The minimum Gasteiger partial charge on any atom is -0.332 e. The Labute approximate surface area is 242 Å². The van der Waals surface area contributed by atoms with Crippen molar-refractivity contribution in [1.82, 2.24) is 0 Å². The highest BCUT2D eigenvalue weighted by Crippen LogP contribution is 2.59. The molecule has 41 heavy (non-hydrogen) atoms. The van der Waals surface area contributed by atoms with Gasteiger partial charge in [-0.1, -0.05) is 111 Å². The van der Waals surface area contributed by atoms with Gasteiger partial charge in [0.2, 0.25) is 0 Å². The number of para-hydroxylation sites is 3. The van der Waals surface area contributed by atoms with E-state index in [1.165, 1.54) is 56.3 Å². The summed E-state index contributed by atoms with van der Waals surface area (Å²) in [5.74, 6) is 0.287. The fourth-order valence-corrected chi connectivity index (χ4v) is 7.27. The normalized spacial score (nSPS) is 19.4. The predicted octanol–water partition coefficient (Wildman–Crippen LogP) is 9.90. The highest BCUT2D eigenvalue weighted by molar-refractivity contribution is 5.98. The highest BCUT2D eigenvalue weighted by Gasteiger charge is 2.52. The average molecular weight is 529 g/mol. The third-order valence-electron chi connectivity index (χ3n) is 9.24. The molecule has 5 aromatic carbocycles. The van der Waals surface area contributed by atoms with Gasteiger partial charge in [0.1, 0.15) is 0 Å². The maximum Gasteiger partial charge on any atom is 0.0671 e. The molecular weight excluding hydrogens is 496 g/mol. The summed E-state index contributed by atoms with van der Waals surface area (Å²) in [6, 6.07) is 48.6. The van der Waals surface area contributed by atoms with Gasteiger partial charge in [0.05, 0.1) is 6.04 Å². The van der Waals surface area contributed by atoms with Crippen LogP contribution in [0.25, 0.3) is 16.7 Å². The molecular formula is C39H32N2. The summed E-state index contributed by atoms with van der Waals surface area (Å²) in [5, 5.41) is 0. The first-order valence-corrected chi connectivity index (χ1v) is 14.5. The van der Waals surface area contributed by atoms with E-state index in [-0.39, 0.29) is 17.4 Å². The second kappa shape index (κ2) is 9.11. The lowest BCUT2D eigenvalue weighted by atomic mass is 9.64. The van der Waals surface area contributed by atoms with E-state index in [1.807, 2.05) is 0 Å². The number of nitrogens with zero attached hydrogens (tertiary/aromatic N) is 2. The van der Waals surface area contributed by atoms with Crippen LogP contribution in [0, 0.1) is 5.92 Å². The Hall–Kier alpha value is -4.82. The number of hydrogen-bond acceptors (Lipinski definition) is 2. The minimum atomic E-state index is -0.0497. The molecule has 2 heterocycles. The third kappa shape index (κ3) is 3.64. The van der Waals surface area contributed by atoms with Crippen LogP contribution >= 0.6 is 0 Å². The Morgan fingerprint density at radius 3 is 1.90 bits per heavy atom. The van der Waals surface area contributed by atoms with Crippen LogP contribution in [0.5, 0.6) is 0 Å². The van der Waals surface area contributed by atoms with Gasteiger partial charge in [0.15, 0.2) is 0 Å². The van der Waals surface area contributed by atoms with Crippen LogP contribution in [0.1, 0.15) is 25.0 Å². The Kier molecular flexibility index (Phi) is 5.33. The number of benzene rings is 5. The summed E-state index contributed by atoms with van der Waals surface area (Å²) in [7, 11) is 0. The second-order valence-electron chi connectivity index (χ2n) is 11.9. The molecule has 0 spiro atoms. The number of rotatable bonds is 4. The van der Waals surface area contributed by atoms with Crippen molar-refractivity contribution >= 4 is 28.3 Å². The molecule has 0 saturated heterocycles. The average Bonchev–Trinajstić information content (AvgIpc) is 3.35. The van der Waals surface area contributed by atoms with E-state index in [2.05, 4.69) is 169 Å². The molecule has 0 radical (unpaired) electrons. The number of fused-ring (bicyclic) bond motifs is 5. The molecule has 2 atom stereocenters. The molecule has 0 aromatic heterocycles. The zero-order valence-electron chi connectivity index (χ0n) is 23.4. The van der Waals surface area contributed by atoms with Crippen molar-refractivity contribution in [3.8, 4) is 11.1 Å². The molecule has 2 heteroatoms. The summed E-state index contributed by atoms with van der Waals surface area (Å²) in [5.41, 5.74) is 12.8. The lowest BCUT2D eigenvalue weighted by Crippen LogP contribution is -2.49. The minimum absolute atomic E-state index is 0.0497. The smallest absolute Gasteiger partial charge is 0.0671 e. The first-order valence-electron chi connectivity index (χ1n) is 14.5. The summed E-state index contributed by atoms with van der Waals surface area (Å²) >= 11 is 0. The zero-order chi connectivity index (χ0) is 27.6. The summed E-state index contributed by atoms with van der Waals surface area (Å²) in [4.78, 5) is 5.03. The fraction of sp³-hybridized carbons (Fsp3) is 0.128. The standard InChI is InChI=1S/C39H32N2/c1-39(2)34-20-12-13-21-37(34)41-36-23-22-28(27-14-6-3-7-15-27)24-32(36)33-25-31(26-35(39)38(33)41)40(29-16-8-4-9-17-29)30-18-10-5-11-19-30/h3-26,35,38H,1-2H3. The molecule has 198 valence electrons. The second-order valence-corrected chi connectivity index (χ2v) is 11.9. The predicted molar refractivity (Wildman–Crippen MR) is 172 cm³/mol. The van der Waals surface area contributed by atoms with Crippen molar-refractivity contribution in [3.05, 3.63) is 162 Å². The van der Waals surface area contributed by atoms with Gasteiger partial charge in [-0.25, -0.2) is 0 Å². The molecule has 3 aliphatic rings. The molecule has 2 aliphatic heterocycles. The van der Waals surface area contributed by atoms with E-state index in [1.54, 1.807) is 0 Å². The van der Waals surface area contributed by atoms with Crippen LogP contribution in [-0.2, 0) is 5.41 Å². The maximum absolute atomic E-state index is 2.61. The Bertz CT molecular complexity index is 1780. The Morgan fingerprint density at radius 1 is 0.610 bits per heavy atom. The maximum atomic E-state index is 2.61. The van der Waals surface area contributed by atoms with Crippen molar-refractivity contribution in [2.24, 2.45) is 5.92 Å². The largest absolute Gasteiger partial charge is 0.332 e. The van der Waals surface area contributed by atoms with Crippen LogP contribution in [-0.4, -0.2) is 6.04 Å². The van der Waals surface area contributed by atoms with Crippen LogP contribution in [0.15, 0.2) is 151 Å². The Morgan fingerprint density at radius 2 is 1.22 bits per heavy atom. The van der Waals surface area contributed by atoms with E-state index >= 15 is 0 Å². The van der Waals surface area contributed by atoms with Crippen molar-refractivity contribution in [3.63, 3.8) is 0 Å². The molecule has 2 nitrogen and oxygen atoms in total. The fourth-order valence-electron chi connectivity index (χ4n) is 7.27. The van der Waals surface area contributed by atoms with Gasteiger partial charge >= 0.3 is 0 Å². The van der Waals surface area contributed by atoms with Crippen LogP contribution in [0.3, 0.4) is 0 Å². The van der Waals surface area contributed by atoms with Crippen molar-refractivity contribution in [2.45, 2.75) is 25.3 Å². The molecule has 0 saturated carbocycles. The first kappa shape index (κ1) is 24.0. The van der Waals surface area contributed by atoms with E-state index in [4.69, 9.17) is 0 Å². The van der Waals surface area contributed by atoms with Crippen molar-refractivity contribution in [1.29, 1.82) is 0 Å². The topological polar surface area (TPSA) is 6.48 Å². The van der Waals surface area contributed by atoms with E-state index < -0.39 is 0 Å². The van der Waals surface area contributed by atoms with Gasteiger partial charge in [-0.05, 0) is 70.8 Å². The van der Waals surface area contributed by atoms with Gasteiger partial charge in [0, 0.05) is 45.3 Å². The van der Waals surface area contributed by atoms with Gasteiger partial charge in [-0.2, -0.15) is 0 Å². The van der Waals surface area contributed by atoms with Crippen LogP contribution in [0.2, 0.25) is 0 Å². The van der Waals surface area contributed by atoms with Gasteiger partial charge < -0.3 is 9.80 Å². The molecule has 5 aromatic rings. The lowest BCUT2D eigenvalue weighted by Gasteiger charge is -2.50. The lowest BCUT2D eigenvalue weighted by molar-refractivity contribution is 0.339. The third-order valence-corrected chi connectivity index (χ3v) is 9.24. The number of hydrogen-bond donors (Lipinski definition) is 0. The van der Waals surface area contributed by atoms with E-state index in [0.29, 0.717) is 0 Å². The Balaban J connectivity index is 1.39. The van der Waals surface area contributed by atoms with Crippen LogP contribution < -0.4 is 9.80 Å². The number of anilines is 4. The molecule has 0 fully saturated rings. The van der Waals surface area contributed by atoms with Crippen LogP contribution in [0.4, 0.5) is 22.7 Å². The summed E-state index contributed by atoms with van der Waals surface area (Å²) < 4.78 is 0. The summed E-state index contributed by atoms with van der Waals surface area (Å²) in [6.45, 7) is 4.86. The highest BCUT2D eigenvalue weighted by atomic mass is 15.2. The molecule has 0 bridgehead atoms. The van der Waals surface area contributed by atoms with E-state index in [0.717, 1.165) is 0 Å². The molecule has 2 unspecified atom stereocenters. The van der Waals surface area contributed by atoms with Gasteiger partial charge in [-0.3, -0.25) is 0 Å². The first-order chi connectivity index (χ1) is 20.1. The monoisotopic (exact) mass is 528 g/mol. The van der Waals surface area contributed by atoms with Crippen molar-refractivity contribution in [2.75, 3.05) is 9.80 Å². The number of allylic oxidation sites excluding steroid dienone is 1.